The molecule has 1 amide bonds. The van der Waals surface area contributed by atoms with Crippen LogP contribution in [0.3, 0.4) is 0 Å². The molecular formula is C30H24N2O2. The minimum absolute atomic E-state index is 0.144. The molecular weight excluding hydrogens is 420 g/mol. The van der Waals surface area contributed by atoms with Gasteiger partial charge in [0.05, 0.1) is 5.69 Å². The lowest BCUT2D eigenvalue weighted by atomic mass is 10.1. The van der Waals surface area contributed by atoms with Crippen molar-refractivity contribution in [3.05, 3.63) is 132 Å². The number of aliphatic imine (C=N–C) groups is 1. The molecule has 0 unspecified atom stereocenters. The first-order chi connectivity index (χ1) is 16.7. The van der Waals surface area contributed by atoms with E-state index in [9.17, 15) is 4.79 Å². The van der Waals surface area contributed by atoms with Gasteiger partial charge in [0.1, 0.15) is 23.0 Å². The average molecular weight is 445 g/mol. The van der Waals surface area contributed by atoms with Crippen LogP contribution in [0.5, 0.6) is 11.5 Å². The number of carbonyl (C=O) groups excluding carboxylic acids is 1. The average Bonchev–Trinajstić information content (AvgIpc) is 3.21. The number of ether oxygens (including phenoxy) is 1. The number of para-hydroxylation sites is 2. The molecule has 166 valence electrons. The lowest BCUT2D eigenvalue weighted by Crippen LogP contribution is -2.33. The zero-order chi connectivity index (χ0) is 23.3. The summed E-state index contributed by atoms with van der Waals surface area (Å²) in [7, 11) is 0. The molecule has 4 nitrogen and oxygen atoms in total. The maximum absolute atomic E-state index is 13.6. The third-order valence-corrected chi connectivity index (χ3v) is 5.65. The summed E-state index contributed by atoms with van der Waals surface area (Å²) >= 11 is 0. The third kappa shape index (κ3) is 4.39. The van der Waals surface area contributed by atoms with Crippen molar-refractivity contribution in [3.8, 4) is 11.5 Å². The van der Waals surface area contributed by atoms with Gasteiger partial charge in [-0.1, -0.05) is 85.8 Å². The second-order valence-corrected chi connectivity index (χ2v) is 7.94. The molecule has 4 aromatic carbocycles. The van der Waals surface area contributed by atoms with Crippen LogP contribution in [0.25, 0.3) is 6.08 Å². The standard InChI is InChI=1S/C30H24N2O2/c1-2-23-13-9-10-19-28(23)32-29(24-14-5-3-6-15-24)31-27(30(32)33)21-22-12-11-18-26(20-22)34-25-16-7-4-8-17-25/h3-21H,2H2,1H3/b27-21+. The van der Waals surface area contributed by atoms with Crippen molar-refractivity contribution >= 4 is 23.5 Å². The van der Waals surface area contributed by atoms with Gasteiger partial charge >= 0.3 is 0 Å². The zero-order valence-corrected chi connectivity index (χ0v) is 18.9. The number of nitrogens with zero attached hydrogens (tertiary/aromatic N) is 2. The summed E-state index contributed by atoms with van der Waals surface area (Å²) in [4.78, 5) is 20.2. The summed E-state index contributed by atoms with van der Waals surface area (Å²) in [5.74, 6) is 1.95. The maximum Gasteiger partial charge on any atom is 0.282 e. The Morgan fingerprint density at radius 3 is 2.24 bits per heavy atom. The summed E-state index contributed by atoms with van der Waals surface area (Å²) in [6.07, 6.45) is 2.64. The highest BCUT2D eigenvalue weighted by Gasteiger charge is 2.33. The van der Waals surface area contributed by atoms with Gasteiger partial charge in [-0.2, -0.15) is 0 Å². The molecule has 4 aromatic rings. The number of carbonyl (C=O) groups is 1. The summed E-state index contributed by atoms with van der Waals surface area (Å²) in [5, 5.41) is 0. The van der Waals surface area contributed by atoms with Gasteiger partial charge in [0.15, 0.2) is 0 Å². The number of benzene rings is 4. The quantitative estimate of drug-likeness (QED) is 0.304. The molecule has 5 rings (SSSR count). The lowest BCUT2D eigenvalue weighted by Gasteiger charge is -2.21. The lowest BCUT2D eigenvalue weighted by molar-refractivity contribution is -0.113. The van der Waals surface area contributed by atoms with Gasteiger partial charge in [-0.15, -0.1) is 0 Å². The van der Waals surface area contributed by atoms with Gasteiger partial charge in [0, 0.05) is 5.56 Å². The Balaban J connectivity index is 1.54. The molecule has 0 radical (unpaired) electrons. The number of rotatable bonds is 6. The highest BCUT2D eigenvalue weighted by Crippen LogP contribution is 2.31. The highest BCUT2D eigenvalue weighted by molar-refractivity contribution is 6.33. The van der Waals surface area contributed by atoms with E-state index in [1.165, 1.54) is 0 Å². The largest absolute Gasteiger partial charge is 0.457 e. The Morgan fingerprint density at radius 1 is 0.794 bits per heavy atom. The van der Waals surface area contributed by atoms with Crippen LogP contribution in [-0.2, 0) is 11.2 Å². The predicted octanol–water partition coefficient (Wildman–Crippen LogP) is 6.88. The number of hydrogen-bond donors (Lipinski definition) is 0. The topological polar surface area (TPSA) is 41.9 Å². The van der Waals surface area contributed by atoms with Crippen LogP contribution in [0.1, 0.15) is 23.6 Å². The molecule has 0 atom stereocenters. The van der Waals surface area contributed by atoms with Gasteiger partial charge in [-0.25, -0.2) is 4.99 Å². The van der Waals surface area contributed by atoms with Crippen LogP contribution < -0.4 is 9.64 Å². The van der Waals surface area contributed by atoms with Gasteiger partial charge in [0.25, 0.3) is 5.91 Å². The van der Waals surface area contributed by atoms with Crippen molar-refractivity contribution in [1.82, 2.24) is 0 Å². The van der Waals surface area contributed by atoms with Gasteiger partial charge < -0.3 is 4.74 Å². The summed E-state index contributed by atoms with van der Waals surface area (Å²) in [5.41, 5.74) is 4.09. The first-order valence-corrected chi connectivity index (χ1v) is 11.3. The van der Waals surface area contributed by atoms with E-state index in [2.05, 4.69) is 13.0 Å². The molecule has 0 saturated carbocycles. The molecule has 0 bridgehead atoms. The highest BCUT2D eigenvalue weighted by atomic mass is 16.5. The van der Waals surface area contributed by atoms with Crippen molar-refractivity contribution in [2.75, 3.05) is 4.90 Å². The normalized spacial score (nSPS) is 14.4. The van der Waals surface area contributed by atoms with E-state index in [-0.39, 0.29) is 5.91 Å². The fraction of sp³-hybridized carbons (Fsp3) is 0.0667. The van der Waals surface area contributed by atoms with E-state index >= 15 is 0 Å². The van der Waals surface area contributed by atoms with Crippen LogP contribution in [-0.4, -0.2) is 11.7 Å². The molecule has 1 heterocycles. The molecule has 0 aromatic heterocycles. The smallest absolute Gasteiger partial charge is 0.282 e. The molecule has 34 heavy (non-hydrogen) atoms. The Kier molecular flexibility index (Phi) is 6.04. The Bertz CT molecular complexity index is 1380. The Hall–Kier alpha value is -4.44. The van der Waals surface area contributed by atoms with E-state index in [4.69, 9.17) is 9.73 Å². The van der Waals surface area contributed by atoms with E-state index in [1.54, 1.807) is 4.90 Å². The van der Waals surface area contributed by atoms with Crippen molar-refractivity contribution in [2.45, 2.75) is 13.3 Å². The zero-order valence-electron chi connectivity index (χ0n) is 18.9. The molecule has 1 aliphatic rings. The van der Waals surface area contributed by atoms with Crippen molar-refractivity contribution in [2.24, 2.45) is 4.99 Å². The first kappa shape index (κ1) is 21.4. The number of amidine groups is 1. The fourth-order valence-corrected chi connectivity index (χ4v) is 4.00. The minimum atomic E-state index is -0.144. The van der Waals surface area contributed by atoms with Crippen LogP contribution in [0, 0.1) is 0 Å². The van der Waals surface area contributed by atoms with Gasteiger partial charge in [-0.3, -0.25) is 9.69 Å². The monoisotopic (exact) mass is 444 g/mol. The Morgan fingerprint density at radius 2 is 1.47 bits per heavy atom. The van der Waals surface area contributed by atoms with Crippen LogP contribution in [0.2, 0.25) is 0 Å². The minimum Gasteiger partial charge on any atom is -0.457 e. The molecule has 0 aliphatic carbocycles. The number of anilines is 1. The van der Waals surface area contributed by atoms with E-state index in [1.807, 2.05) is 109 Å². The second-order valence-electron chi connectivity index (χ2n) is 7.94. The van der Waals surface area contributed by atoms with Crippen molar-refractivity contribution in [1.29, 1.82) is 0 Å². The van der Waals surface area contributed by atoms with Crippen LogP contribution in [0.15, 0.2) is 120 Å². The van der Waals surface area contributed by atoms with E-state index in [0.29, 0.717) is 17.3 Å². The van der Waals surface area contributed by atoms with Crippen LogP contribution >= 0.6 is 0 Å². The molecule has 0 fully saturated rings. The first-order valence-electron chi connectivity index (χ1n) is 11.3. The fourth-order valence-electron chi connectivity index (χ4n) is 4.00. The summed E-state index contributed by atoms with van der Waals surface area (Å²) in [6.45, 7) is 2.09. The summed E-state index contributed by atoms with van der Waals surface area (Å²) in [6, 6.07) is 35.1. The van der Waals surface area contributed by atoms with Crippen molar-refractivity contribution < 1.29 is 9.53 Å². The van der Waals surface area contributed by atoms with E-state index in [0.717, 1.165) is 34.5 Å². The van der Waals surface area contributed by atoms with E-state index < -0.39 is 0 Å². The molecule has 4 heteroatoms. The second kappa shape index (κ2) is 9.59. The number of amides is 1. The predicted molar refractivity (Wildman–Crippen MR) is 137 cm³/mol. The number of hydrogen-bond acceptors (Lipinski definition) is 3. The third-order valence-electron chi connectivity index (χ3n) is 5.65. The molecule has 1 aliphatic heterocycles. The molecule has 0 spiro atoms. The van der Waals surface area contributed by atoms with Gasteiger partial charge in [0.2, 0.25) is 0 Å². The van der Waals surface area contributed by atoms with Crippen LogP contribution in [0.4, 0.5) is 5.69 Å². The molecule has 0 saturated heterocycles. The SMILES string of the molecule is CCc1ccccc1N1C(=O)/C(=C\c2cccc(Oc3ccccc3)c2)N=C1c1ccccc1. The number of aryl methyl sites for hydroxylation is 1. The molecule has 0 N–H and O–H groups in total. The maximum atomic E-state index is 13.6. The Labute approximate surface area is 199 Å². The van der Waals surface area contributed by atoms with Gasteiger partial charge in [-0.05, 0) is 54.0 Å². The summed E-state index contributed by atoms with van der Waals surface area (Å²) < 4.78 is 5.96. The van der Waals surface area contributed by atoms with Crippen molar-refractivity contribution in [3.63, 3.8) is 0 Å².